The second-order valence-corrected chi connectivity index (χ2v) is 5.31. The molecular formula is C16H27NO. The molecule has 1 N–H and O–H groups in total. The Bertz CT molecular complexity index is 360. The van der Waals surface area contributed by atoms with E-state index in [1.54, 1.807) is 0 Å². The third-order valence-electron chi connectivity index (χ3n) is 3.36. The van der Waals surface area contributed by atoms with Crippen LogP contribution in [-0.4, -0.2) is 12.1 Å². The summed E-state index contributed by atoms with van der Waals surface area (Å²) >= 11 is 0. The zero-order valence-corrected chi connectivity index (χ0v) is 12.4. The van der Waals surface area contributed by atoms with Crippen molar-refractivity contribution in [3.8, 4) is 5.75 Å². The van der Waals surface area contributed by atoms with Gasteiger partial charge >= 0.3 is 0 Å². The molecule has 0 amide bonds. The molecule has 0 heterocycles. The van der Waals surface area contributed by atoms with E-state index in [2.05, 4.69) is 58.1 Å². The Labute approximate surface area is 112 Å². The molecule has 0 aliphatic heterocycles. The van der Waals surface area contributed by atoms with Crippen LogP contribution in [0.3, 0.4) is 0 Å². The summed E-state index contributed by atoms with van der Waals surface area (Å²) in [5.41, 5.74) is 1.21. The van der Waals surface area contributed by atoms with Gasteiger partial charge in [-0.05, 0) is 50.9 Å². The zero-order chi connectivity index (χ0) is 13.6. The van der Waals surface area contributed by atoms with E-state index in [1.165, 1.54) is 5.56 Å². The lowest BCUT2D eigenvalue weighted by molar-refractivity contribution is 0.105. The second kappa shape index (κ2) is 6.79. The normalized spacial score (nSPS) is 13.4. The van der Waals surface area contributed by atoms with E-state index in [1.807, 2.05) is 6.07 Å². The van der Waals surface area contributed by atoms with Crippen molar-refractivity contribution in [3.05, 3.63) is 29.8 Å². The van der Waals surface area contributed by atoms with Crippen molar-refractivity contribution in [2.45, 2.75) is 59.1 Å². The molecule has 18 heavy (non-hydrogen) atoms. The van der Waals surface area contributed by atoms with E-state index in [0.717, 1.165) is 25.1 Å². The van der Waals surface area contributed by atoms with Crippen LogP contribution in [0.2, 0.25) is 0 Å². The highest BCUT2D eigenvalue weighted by Crippen LogP contribution is 2.25. The molecule has 0 saturated carbocycles. The van der Waals surface area contributed by atoms with Gasteiger partial charge in [-0.2, -0.15) is 0 Å². The fraction of sp³-hybridized carbons (Fsp3) is 0.625. The molecule has 2 nitrogen and oxygen atoms in total. The van der Waals surface area contributed by atoms with E-state index < -0.39 is 0 Å². The first-order valence-corrected chi connectivity index (χ1v) is 7.04. The molecule has 1 atom stereocenters. The molecule has 102 valence electrons. The highest BCUT2D eigenvalue weighted by Gasteiger charge is 2.17. The third kappa shape index (κ3) is 4.34. The molecule has 0 radical (unpaired) electrons. The molecular weight excluding hydrogens is 222 g/mol. The van der Waals surface area contributed by atoms with Gasteiger partial charge in [0.25, 0.3) is 0 Å². The zero-order valence-electron chi connectivity index (χ0n) is 12.4. The largest absolute Gasteiger partial charge is 0.488 e. The molecule has 1 aromatic carbocycles. The van der Waals surface area contributed by atoms with Gasteiger partial charge in [0, 0.05) is 6.04 Å². The van der Waals surface area contributed by atoms with Crippen molar-refractivity contribution >= 4 is 0 Å². The van der Waals surface area contributed by atoms with Gasteiger partial charge in [-0.3, -0.25) is 0 Å². The number of rotatable bonds is 7. The molecule has 0 aliphatic rings. The van der Waals surface area contributed by atoms with Crippen molar-refractivity contribution in [3.63, 3.8) is 0 Å². The number of hydrogen-bond donors (Lipinski definition) is 1. The second-order valence-electron chi connectivity index (χ2n) is 5.31. The van der Waals surface area contributed by atoms with Gasteiger partial charge < -0.3 is 10.1 Å². The van der Waals surface area contributed by atoms with E-state index in [-0.39, 0.29) is 5.60 Å². The van der Waals surface area contributed by atoms with Gasteiger partial charge in [-0.1, -0.05) is 32.9 Å². The number of benzene rings is 1. The first kappa shape index (κ1) is 15.0. The maximum Gasteiger partial charge on any atom is 0.120 e. The van der Waals surface area contributed by atoms with Crippen LogP contribution in [0.25, 0.3) is 0 Å². The van der Waals surface area contributed by atoms with E-state index in [4.69, 9.17) is 4.74 Å². The molecule has 0 fully saturated rings. The molecule has 0 bridgehead atoms. The number of hydrogen-bond acceptors (Lipinski definition) is 2. The minimum absolute atomic E-state index is 0.0987. The standard InChI is InChI=1S/C16H27NO/c1-6-15(17-8-3)13-10-9-11-14(12-13)18-16(4,5)7-2/h9-12,15,17H,6-8H2,1-5H3. The van der Waals surface area contributed by atoms with Crippen LogP contribution in [0.1, 0.15) is 59.1 Å². The van der Waals surface area contributed by atoms with Crippen LogP contribution in [-0.2, 0) is 0 Å². The van der Waals surface area contributed by atoms with Gasteiger partial charge in [0.05, 0.1) is 0 Å². The van der Waals surface area contributed by atoms with Gasteiger partial charge in [0.2, 0.25) is 0 Å². The van der Waals surface area contributed by atoms with Crippen molar-refractivity contribution in [2.75, 3.05) is 6.54 Å². The Balaban J connectivity index is 2.84. The lowest BCUT2D eigenvalue weighted by Crippen LogP contribution is -2.27. The SMILES string of the molecule is CCNC(CC)c1cccc(OC(C)(C)CC)c1. The van der Waals surface area contributed by atoms with Crippen molar-refractivity contribution < 1.29 is 4.74 Å². The highest BCUT2D eigenvalue weighted by atomic mass is 16.5. The smallest absolute Gasteiger partial charge is 0.120 e. The van der Waals surface area contributed by atoms with Gasteiger partial charge in [0.15, 0.2) is 0 Å². The van der Waals surface area contributed by atoms with E-state index in [0.29, 0.717) is 6.04 Å². The van der Waals surface area contributed by atoms with E-state index in [9.17, 15) is 0 Å². The van der Waals surface area contributed by atoms with Crippen LogP contribution in [0.15, 0.2) is 24.3 Å². The Kier molecular flexibility index (Phi) is 5.67. The lowest BCUT2D eigenvalue weighted by atomic mass is 10.0. The summed E-state index contributed by atoms with van der Waals surface area (Å²) < 4.78 is 6.04. The quantitative estimate of drug-likeness (QED) is 0.777. The van der Waals surface area contributed by atoms with Crippen LogP contribution in [0, 0.1) is 0 Å². The Morgan fingerprint density at radius 2 is 1.94 bits per heavy atom. The molecule has 1 aromatic rings. The van der Waals surface area contributed by atoms with Crippen molar-refractivity contribution in [2.24, 2.45) is 0 Å². The summed E-state index contributed by atoms with van der Waals surface area (Å²) in [6.45, 7) is 11.7. The van der Waals surface area contributed by atoms with Crippen LogP contribution < -0.4 is 10.1 Å². The predicted octanol–water partition coefficient (Wildman–Crippen LogP) is 4.31. The molecule has 0 aromatic heterocycles. The third-order valence-corrected chi connectivity index (χ3v) is 3.36. The minimum Gasteiger partial charge on any atom is -0.488 e. The van der Waals surface area contributed by atoms with Gasteiger partial charge in [-0.15, -0.1) is 0 Å². The van der Waals surface area contributed by atoms with Crippen molar-refractivity contribution in [1.29, 1.82) is 0 Å². The maximum atomic E-state index is 6.04. The molecule has 2 heteroatoms. The topological polar surface area (TPSA) is 21.3 Å². The minimum atomic E-state index is -0.0987. The Morgan fingerprint density at radius 1 is 1.22 bits per heavy atom. The summed E-state index contributed by atoms with van der Waals surface area (Å²) in [4.78, 5) is 0. The summed E-state index contributed by atoms with van der Waals surface area (Å²) in [6.07, 6.45) is 2.09. The van der Waals surface area contributed by atoms with Gasteiger partial charge in [0.1, 0.15) is 11.4 Å². The summed E-state index contributed by atoms with van der Waals surface area (Å²) in [5.74, 6) is 0.968. The summed E-state index contributed by atoms with van der Waals surface area (Å²) in [7, 11) is 0. The first-order chi connectivity index (χ1) is 8.52. The summed E-state index contributed by atoms with van der Waals surface area (Å²) in [5, 5.41) is 3.50. The monoisotopic (exact) mass is 249 g/mol. The lowest BCUT2D eigenvalue weighted by Gasteiger charge is -2.26. The van der Waals surface area contributed by atoms with Gasteiger partial charge in [-0.25, -0.2) is 0 Å². The average molecular weight is 249 g/mol. The number of nitrogens with one attached hydrogen (secondary N) is 1. The Morgan fingerprint density at radius 3 is 2.50 bits per heavy atom. The Hall–Kier alpha value is -1.02. The first-order valence-electron chi connectivity index (χ1n) is 7.04. The molecule has 0 spiro atoms. The molecule has 1 unspecified atom stereocenters. The highest BCUT2D eigenvalue weighted by molar-refractivity contribution is 5.31. The van der Waals surface area contributed by atoms with Crippen LogP contribution in [0.5, 0.6) is 5.75 Å². The van der Waals surface area contributed by atoms with Crippen LogP contribution in [0.4, 0.5) is 0 Å². The number of ether oxygens (including phenoxy) is 1. The molecule has 0 aliphatic carbocycles. The molecule has 1 rings (SSSR count). The van der Waals surface area contributed by atoms with Crippen molar-refractivity contribution in [1.82, 2.24) is 5.32 Å². The fourth-order valence-electron chi connectivity index (χ4n) is 1.93. The molecule has 0 saturated heterocycles. The summed E-state index contributed by atoms with van der Waals surface area (Å²) in [6, 6.07) is 8.87. The fourth-order valence-corrected chi connectivity index (χ4v) is 1.93. The van der Waals surface area contributed by atoms with Crippen LogP contribution >= 0.6 is 0 Å². The average Bonchev–Trinajstić information content (AvgIpc) is 2.35. The predicted molar refractivity (Wildman–Crippen MR) is 78.1 cm³/mol. The van der Waals surface area contributed by atoms with E-state index >= 15 is 0 Å². The maximum absolute atomic E-state index is 6.04.